The maximum Gasteiger partial charge on any atom is 0.261 e. The first-order chi connectivity index (χ1) is 13.7. The zero-order valence-corrected chi connectivity index (χ0v) is 16.3. The fourth-order valence-electron chi connectivity index (χ4n) is 2.56. The van der Waals surface area contributed by atoms with Gasteiger partial charge >= 0.3 is 0 Å². The van der Waals surface area contributed by atoms with E-state index in [0.29, 0.717) is 10.6 Å². The molecule has 28 heavy (non-hydrogen) atoms. The highest BCUT2D eigenvalue weighted by molar-refractivity contribution is 7.99. The van der Waals surface area contributed by atoms with Crippen molar-refractivity contribution in [2.24, 2.45) is 0 Å². The third kappa shape index (κ3) is 4.41. The van der Waals surface area contributed by atoms with Crippen LogP contribution >= 0.6 is 23.1 Å². The van der Waals surface area contributed by atoms with E-state index in [0.717, 1.165) is 21.1 Å². The van der Waals surface area contributed by atoms with Gasteiger partial charge in [-0.2, -0.15) is 0 Å². The van der Waals surface area contributed by atoms with Crippen LogP contribution in [0.4, 0.5) is 5.69 Å². The molecule has 0 spiro atoms. The van der Waals surface area contributed by atoms with E-state index in [1.807, 2.05) is 53.9 Å². The van der Waals surface area contributed by atoms with Crippen LogP contribution in [0.3, 0.4) is 0 Å². The molecule has 140 valence electrons. The van der Waals surface area contributed by atoms with Crippen molar-refractivity contribution in [1.29, 1.82) is 0 Å². The van der Waals surface area contributed by atoms with Gasteiger partial charge in [-0.1, -0.05) is 30.0 Å². The summed E-state index contributed by atoms with van der Waals surface area (Å²) in [4.78, 5) is 33.3. The number of anilines is 1. The number of amides is 2. The van der Waals surface area contributed by atoms with Crippen LogP contribution < -0.4 is 10.6 Å². The second-order valence-electron chi connectivity index (χ2n) is 5.89. The van der Waals surface area contributed by atoms with Gasteiger partial charge in [-0.3, -0.25) is 9.59 Å². The summed E-state index contributed by atoms with van der Waals surface area (Å²) in [5, 5.41) is 8.01. The first-order valence-electron chi connectivity index (χ1n) is 8.51. The van der Waals surface area contributed by atoms with Crippen LogP contribution in [0, 0.1) is 0 Å². The van der Waals surface area contributed by atoms with Crippen LogP contribution in [-0.4, -0.2) is 28.3 Å². The zero-order valence-electron chi connectivity index (χ0n) is 14.6. The summed E-state index contributed by atoms with van der Waals surface area (Å²) in [5.41, 5.74) is 2.60. The number of aromatic amines is 1. The number of fused-ring (bicyclic) bond motifs is 1. The van der Waals surface area contributed by atoms with Gasteiger partial charge in [0.15, 0.2) is 5.16 Å². The van der Waals surface area contributed by atoms with E-state index in [2.05, 4.69) is 20.6 Å². The average molecular weight is 409 g/mol. The number of carbonyl (C=O) groups excluding carboxylic acids is 2. The molecule has 2 aromatic carbocycles. The third-order valence-electron chi connectivity index (χ3n) is 3.87. The van der Waals surface area contributed by atoms with Crippen LogP contribution in [0.15, 0.2) is 76.1 Å². The molecule has 0 aliphatic carbocycles. The van der Waals surface area contributed by atoms with Crippen molar-refractivity contribution < 1.29 is 9.59 Å². The highest BCUT2D eigenvalue weighted by atomic mass is 32.2. The van der Waals surface area contributed by atoms with Crippen molar-refractivity contribution in [2.45, 2.75) is 10.1 Å². The van der Waals surface area contributed by atoms with E-state index in [9.17, 15) is 9.59 Å². The van der Waals surface area contributed by atoms with Crippen molar-refractivity contribution in [1.82, 2.24) is 15.3 Å². The number of benzene rings is 2. The zero-order chi connectivity index (χ0) is 19.3. The minimum absolute atomic E-state index is 0.0772. The van der Waals surface area contributed by atoms with E-state index < -0.39 is 0 Å². The molecule has 4 aromatic rings. The van der Waals surface area contributed by atoms with Gasteiger partial charge in [-0.25, -0.2) is 4.98 Å². The Morgan fingerprint density at radius 3 is 2.61 bits per heavy atom. The Hall–Kier alpha value is -3.10. The molecule has 0 saturated carbocycles. The van der Waals surface area contributed by atoms with Crippen molar-refractivity contribution in [3.8, 4) is 0 Å². The minimum atomic E-state index is -0.275. The van der Waals surface area contributed by atoms with Gasteiger partial charge in [-0.15, -0.1) is 11.3 Å². The Balaban J connectivity index is 1.31. The second kappa shape index (κ2) is 8.28. The largest absolute Gasteiger partial charge is 0.342 e. The molecule has 0 saturated heterocycles. The van der Waals surface area contributed by atoms with Crippen molar-refractivity contribution in [3.63, 3.8) is 0 Å². The molecule has 0 atom stereocenters. The number of aromatic nitrogens is 2. The average Bonchev–Trinajstić information content (AvgIpc) is 3.37. The van der Waals surface area contributed by atoms with E-state index in [1.54, 1.807) is 12.1 Å². The van der Waals surface area contributed by atoms with Crippen molar-refractivity contribution in [2.75, 3.05) is 11.9 Å². The standard InChI is InChI=1S/C20H16N4O2S2/c25-18(12-21-19(26)17-6-3-11-27-17)22-13-7-9-14(10-8-13)28-20-23-15-4-1-2-5-16(15)24-20/h1-11H,12H2,(H,21,26)(H,22,25)(H,23,24). The van der Waals surface area contributed by atoms with Gasteiger partial charge in [0.2, 0.25) is 5.91 Å². The summed E-state index contributed by atoms with van der Waals surface area (Å²) in [6, 6.07) is 18.9. The number of thiophene rings is 1. The summed E-state index contributed by atoms with van der Waals surface area (Å²) in [6.45, 7) is -0.0772. The molecule has 2 heterocycles. The molecule has 4 rings (SSSR count). The Bertz CT molecular complexity index is 1070. The SMILES string of the molecule is O=C(CNC(=O)c1cccs1)Nc1ccc(Sc2nc3ccccc3[nH]2)cc1. The van der Waals surface area contributed by atoms with Crippen LogP contribution in [-0.2, 0) is 4.79 Å². The lowest BCUT2D eigenvalue weighted by Crippen LogP contribution is -2.32. The van der Waals surface area contributed by atoms with E-state index in [-0.39, 0.29) is 18.4 Å². The molecular formula is C20H16N4O2S2. The summed E-state index contributed by atoms with van der Waals surface area (Å²) in [6.07, 6.45) is 0. The second-order valence-corrected chi connectivity index (χ2v) is 7.90. The lowest BCUT2D eigenvalue weighted by molar-refractivity contribution is -0.115. The van der Waals surface area contributed by atoms with Crippen LogP contribution in [0.25, 0.3) is 11.0 Å². The fraction of sp³-hybridized carbons (Fsp3) is 0.0500. The van der Waals surface area contributed by atoms with Gasteiger partial charge in [-0.05, 0) is 47.8 Å². The van der Waals surface area contributed by atoms with Gasteiger partial charge in [0.25, 0.3) is 5.91 Å². The normalized spacial score (nSPS) is 10.7. The molecule has 0 aliphatic heterocycles. The highest BCUT2D eigenvalue weighted by Gasteiger charge is 2.09. The summed E-state index contributed by atoms with van der Waals surface area (Å²) < 4.78 is 0. The predicted octanol–water partition coefficient (Wildman–Crippen LogP) is 4.14. The highest BCUT2D eigenvalue weighted by Crippen LogP contribution is 2.28. The molecule has 3 N–H and O–H groups in total. The molecule has 0 bridgehead atoms. The first kappa shape index (κ1) is 18.3. The lowest BCUT2D eigenvalue weighted by Gasteiger charge is -2.07. The Kier molecular flexibility index (Phi) is 5.41. The van der Waals surface area contributed by atoms with Crippen molar-refractivity contribution in [3.05, 3.63) is 70.9 Å². The van der Waals surface area contributed by atoms with Crippen LogP contribution in [0.1, 0.15) is 9.67 Å². The van der Waals surface area contributed by atoms with E-state index in [1.165, 1.54) is 23.1 Å². The van der Waals surface area contributed by atoms with Gasteiger partial charge in [0, 0.05) is 10.6 Å². The smallest absolute Gasteiger partial charge is 0.261 e. The van der Waals surface area contributed by atoms with Crippen molar-refractivity contribution >= 4 is 51.6 Å². The molecule has 8 heteroatoms. The number of nitrogens with one attached hydrogen (secondary N) is 3. The molecular weight excluding hydrogens is 392 g/mol. The number of hydrogen-bond donors (Lipinski definition) is 3. The summed E-state index contributed by atoms with van der Waals surface area (Å²) in [7, 11) is 0. The topological polar surface area (TPSA) is 86.9 Å². The maximum atomic E-state index is 12.0. The summed E-state index contributed by atoms with van der Waals surface area (Å²) >= 11 is 2.85. The van der Waals surface area contributed by atoms with E-state index >= 15 is 0 Å². The molecule has 0 fully saturated rings. The maximum absolute atomic E-state index is 12.0. The molecule has 0 unspecified atom stereocenters. The monoisotopic (exact) mass is 408 g/mol. The van der Waals surface area contributed by atoms with Gasteiger partial charge in [0.1, 0.15) is 0 Å². The molecule has 0 radical (unpaired) electrons. The fourth-order valence-corrected chi connectivity index (χ4v) is 4.00. The number of nitrogens with zero attached hydrogens (tertiary/aromatic N) is 1. The Morgan fingerprint density at radius 2 is 1.86 bits per heavy atom. The van der Waals surface area contributed by atoms with Crippen LogP contribution in [0.2, 0.25) is 0 Å². The summed E-state index contributed by atoms with van der Waals surface area (Å²) in [5.74, 6) is -0.523. The quantitative estimate of drug-likeness (QED) is 0.447. The number of para-hydroxylation sites is 2. The number of rotatable bonds is 6. The van der Waals surface area contributed by atoms with E-state index in [4.69, 9.17) is 0 Å². The predicted molar refractivity (Wildman–Crippen MR) is 112 cm³/mol. The molecule has 0 aliphatic rings. The first-order valence-corrected chi connectivity index (χ1v) is 10.2. The Labute approximate surface area is 169 Å². The molecule has 6 nitrogen and oxygen atoms in total. The third-order valence-corrected chi connectivity index (χ3v) is 5.64. The molecule has 2 amide bonds. The number of hydrogen-bond acceptors (Lipinski definition) is 5. The van der Waals surface area contributed by atoms with Gasteiger partial charge in [0.05, 0.1) is 22.5 Å². The Morgan fingerprint density at radius 1 is 1.04 bits per heavy atom. The van der Waals surface area contributed by atoms with Gasteiger partial charge < -0.3 is 15.6 Å². The number of H-pyrrole nitrogens is 1. The molecule has 2 aromatic heterocycles. The lowest BCUT2D eigenvalue weighted by atomic mass is 10.3. The van der Waals surface area contributed by atoms with Crippen LogP contribution in [0.5, 0.6) is 0 Å². The number of imidazole rings is 1. The minimum Gasteiger partial charge on any atom is -0.342 e. The number of carbonyl (C=O) groups is 2.